The van der Waals surface area contributed by atoms with E-state index in [1.807, 2.05) is 0 Å². The lowest BCUT2D eigenvalue weighted by Gasteiger charge is -2.31. The monoisotopic (exact) mass is 322 g/mol. The third-order valence-electron chi connectivity index (χ3n) is 5.29. The molecule has 0 atom stereocenters. The zero-order valence-electron chi connectivity index (χ0n) is 15.1. The number of hydrogen-bond donors (Lipinski definition) is 1. The van der Waals surface area contributed by atoms with E-state index in [0.717, 1.165) is 19.0 Å². The van der Waals surface area contributed by atoms with Crippen LogP contribution in [0.4, 0.5) is 0 Å². The summed E-state index contributed by atoms with van der Waals surface area (Å²) in [5.74, 6) is 0.819. The van der Waals surface area contributed by atoms with Crippen molar-refractivity contribution < 1.29 is 0 Å². The van der Waals surface area contributed by atoms with E-state index in [9.17, 15) is 0 Å². The molecule has 1 aliphatic heterocycles. The van der Waals surface area contributed by atoms with Crippen molar-refractivity contribution in [3.8, 4) is 0 Å². The summed E-state index contributed by atoms with van der Waals surface area (Å²) in [6, 6.07) is 17.6. The minimum Gasteiger partial charge on any atom is -0.317 e. The SMILES string of the molecule is Cc1ccccc1CN(Cc1ccccc1C)CC1CCNCC1. The zero-order chi connectivity index (χ0) is 16.8. The number of piperidine rings is 1. The number of benzene rings is 2. The predicted molar refractivity (Wildman–Crippen MR) is 102 cm³/mol. The summed E-state index contributed by atoms with van der Waals surface area (Å²) < 4.78 is 0. The summed E-state index contributed by atoms with van der Waals surface area (Å²) in [6.45, 7) is 10.1. The molecule has 1 heterocycles. The van der Waals surface area contributed by atoms with Gasteiger partial charge in [0.15, 0.2) is 0 Å². The first-order chi connectivity index (χ1) is 11.7. The average molecular weight is 322 g/mol. The molecule has 0 amide bonds. The fraction of sp³-hybridized carbons (Fsp3) is 0.455. The maximum atomic E-state index is 3.49. The lowest BCUT2D eigenvalue weighted by Crippen LogP contribution is -2.36. The van der Waals surface area contributed by atoms with Crippen LogP contribution in [-0.2, 0) is 13.1 Å². The Labute approximate surface area is 146 Å². The molecule has 128 valence electrons. The van der Waals surface area contributed by atoms with Crippen LogP contribution >= 0.6 is 0 Å². The number of nitrogens with one attached hydrogen (secondary N) is 1. The Morgan fingerprint density at radius 1 is 0.833 bits per heavy atom. The van der Waals surface area contributed by atoms with Gasteiger partial charge in [0.2, 0.25) is 0 Å². The molecule has 0 unspecified atom stereocenters. The van der Waals surface area contributed by atoms with Crippen molar-refractivity contribution in [3.63, 3.8) is 0 Å². The quantitative estimate of drug-likeness (QED) is 0.853. The number of aryl methyl sites for hydroxylation is 2. The summed E-state index contributed by atoms with van der Waals surface area (Å²) in [5, 5.41) is 3.49. The summed E-state index contributed by atoms with van der Waals surface area (Å²) in [7, 11) is 0. The molecule has 1 aliphatic rings. The van der Waals surface area contributed by atoms with Crippen LogP contribution in [-0.4, -0.2) is 24.5 Å². The largest absolute Gasteiger partial charge is 0.317 e. The average Bonchev–Trinajstić information content (AvgIpc) is 2.60. The molecule has 0 aromatic heterocycles. The van der Waals surface area contributed by atoms with Crippen molar-refractivity contribution in [1.29, 1.82) is 0 Å². The van der Waals surface area contributed by atoms with Gasteiger partial charge in [-0.3, -0.25) is 4.90 Å². The molecule has 0 radical (unpaired) electrons. The maximum Gasteiger partial charge on any atom is 0.0240 e. The Bertz CT molecular complexity index is 596. The van der Waals surface area contributed by atoms with E-state index in [2.05, 4.69) is 72.6 Å². The molecular weight excluding hydrogens is 292 g/mol. The van der Waals surface area contributed by atoms with Crippen molar-refractivity contribution >= 4 is 0 Å². The Morgan fingerprint density at radius 3 is 1.83 bits per heavy atom. The molecule has 1 N–H and O–H groups in total. The summed E-state index contributed by atoms with van der Waals surface area (Å²) >= 11 is 0. The lowest BCUT2D eigenvalue weighted by molar-refractivity contribution is 0.191. The van der Waals surface area contributed by atoms with Crippen LogP contribution in [0.25, 0.3) is 0 Å². The minimum absolute atomic E-state index is 0.819. The fourth-order valence-electron chi connectivity index (χ4n) is 3.67. The molecule has 24 heavy (non-hydrogen) atoms. The van der Waals surface area contributed by atoms with Crippen LogP contribution in [0.1, 0.15) is 35.1 Å². The summed E-state index contributed by atoms with van der Waals surface area (Å²) in [5.41, 5.74) is 5.72. The molecule has 2 aromatic carbocycles. The minimum atomic E-state index is 0.819. The van der Waals surface area contributed by atoms with Gasteiger partial charge < -0.3 is 5.32 Å². The Morgan fingerprint density at radius 2 is 1.33 bits per heavy atom. The van der Waals surface area contributed by atoms with Gasteiger partial charge in [-0.05, 0) is 68.0 Å². The first-order valence-electron chi connectivity index (χ1n) is 9.24. The van der Waals surface area contributed by atoms with E-state index < -0.39 is 0 Å². The van der Waals surface area contributed by atoms with Crippen LogP contribution in [0.2, 0.25) is 0 Å². The smallest absolute Gasteiger partial charge is 0.0240 e. The van der Waals surface area contributed by atoms with Gasteiger partial charge in [-0.1, -0.05) is 48.5 Å². The van der Waals surface area contributed by atoms with E-state index in [0.29, 0.717) is 0 Å². The lowest BCUT2D eigenvalue weighted by atomic mass is 9.96. The molecule has 2 aromatic rings. The van der Waals surface area contributed by atoms with Crippen LogP contribution in [0.3, 0.4) is 0 Å². The molecule has 0 saturated carbocycles. The van der Waals surface area contributed by atoms with Crippen LogP contribution in [0.15, 0.2) is 48.5 Å². The van der Waals surface area contributed by atoms with Gasteiger partial charge in [0.25, 0.3) is 0 Å². The molecule has 2 nitrogen and oxygen atoms in total. The van der Waals surface area contributed by atoms with Crippen molar-refractivity contribution in [2.75, 3.05) is 19.6 Å². The van der Waals surface area contributed by atoms with Crippen molar-refractivity contribution in [2.45, 2.75) is 39.8 Å². The molecule has 0 spiro atoms. The second kappa shape index (κ2) is 8.46. The van der Waals surface area contributed by atoms with E-state index in [4.69, 9.17) is 0 Å². The van der Waals surface area contributed by atoms with Gasteiger partial charge in [0.05, 0.1) is 0 Å². The molecule has 1 saturated heterocycles. The molecular formula is C22H30N2. The van der Waals surface area contributed by atoms with Crippen molar-refractivity contribution in [3.05, 3.63) is 70.8 Å². The van der Waals surface area contributed by atoms with Gasteiger partial charge in [0.1, 0.15) is 0 Å². The summed E-state index contributed by atoms with van der Waals surface area (Å²) in [6.07, 6.45) is 2.61. The predicted octanol–water partition coefficient (Wildman–Crippen LogP) is 4.31. The van der Waals surface area contributed by atoms with E-state index in [1.54, 1.807) is 0 Å². The van der Waals surface area contributed by atoms with Gasteiger partial charge in [-0.15, -0.1) is 0 Å². The standard InChI is InChI=1S/C22H30N2/c1-18-7-3-5-9-21(18)16-24(15-20-11-13-23-14-12-20)17-22-10-6-4-8-19(22)2/h3-10,20,23H,11-17H2,1-2H3. The number of hydrogen-bond acceptors (Lipinski definition) is 2. The second-order valence-corrected chi connectivity index (χ2v) is 7.22. The fourth-order valence-corrected chi connectivity index (χ4v) is 3.67. The molecule has 3 rings (SSSR count). The van der Waals surface area contributed by atoms with Crippen LogP contribution < -0.4 is 5.32 Å². The second-order valence-electron chi connectivity index (χ2n) is 7.22. The highest BCUT2D eigenvalue weighted by Gasteiger charge is 2.18. The third kappa shape index (κ3) is 4.68. The Kier molecular flexibility index (Phi) is 6.06. The van der Waals surface area contributed by atoms with Crippen molar-refractivity contribution in [1.82, 2.24) is 10.2 Å². The van der Waals surface area contributed by atoms with Gasteiger partial charge in [0, 0.05) is 19.6 Å². The molecule has 1 fully saturated rings. The molecule has 0 aliphatic carbocycles. The maximum absolute atomic E-state index is 3.49. The van der Waals surface area contributed by atoms with Gasteiger partial charge in [-0.25, -0.2) is 0 Å². The molecule has 0 bridgehead atoms. The van der Waals surface area contributed by atoms with Gasteiger partial charge >= 0.3 is 0 Å². The first kappa shape index (κ1) is 17.2. The Balaban J connectivity index is 1.74. The third-order valence-corrected chi connectivity index (χ3v) is 5.29. The summed E-state index contributed by atoms with van der Waals surface area (Å²) in [4.78, 5) is 2.65. The number of rotatable bonds is 6. The van der Waals surface area contributed by atoms with Gasteiger partial charge in [-0.2, -0.15) is 0 Å². The van der Waals surface area contributed by atoms with E-state index in [-0.39, 0.29) is 0 Å². The van der Waals surface area contributed by atoms with E-state index in [1.165, 1.54) is 54.7 Å². The normalized spacial score (nSPS) is 15.8. The van der Waals surface area contributed by atoms with Crippen molar-refractivity contribution in [2.24, 2.45) is 5.92 Å². The Hall–Kier alpha value is -1.64. The highest BCUT2D eigenvalue weighted by Crippen LogP contribution is 2.20. The zero-order valence-corrected chi connectivity index (χ0v) is 15.1. The first-order valence-corrected chi connectivity index (χ1v) is 9.24. The molecule has 2 heteroatoms. The number of nitrogens with zero attached hydrogens (tertiary/aromatic N) is 1. The topological polar surface area (TPSA) is 15.3 Å². The van der Waals surface area contributed by atoms with E-state index >= 15 is 0 Å². The van der Waals surface area contributed by atoms with Crippen LogP contribution in [0, 0.1) is 19.8 Å². The highest BCUT2D eigenvalue weighted by molar-refractivity contribution is 5.27. The highest BCUT2D eigenvalue weighted by atomic mass is 15.1. The van der Waals surface area contributed by atoms with Crippen LogP contribution in [0.5, 0.6) is 0 Å².